The van der Waals surface area contributed by atoms with Gasteiger partial charge in [-0.15, -0.1) is 0 Å². The van der Waals surface area contributed by atoms with Gasteiger partial charge in [0.1, 0.15) is 5.78 Å². The van der Waals surface area contributed by atoms with Crippen LogP contribution in [-0.4, -0.2) is 11.8 Å². The van der Waals surface area contributed by atoms with E-state index < -0.39 is 0 Å². The molecule has 2 nitrogen and oxygen atoms in total. The van der Waals surface area contributed by atoms with Gasteiger partial charge in [-0.2, -0.15) is 0 Å². The normalized spacial score (nSPS) is 16.8. The van der Waals surface area contributed by atoms with Gasteiger partial charge in [-0.3, -0.25) is 4.79 Å². The van der Waals surface area contributed by atoms with Crippen molar-refractivity contribution in [3.63, 3.8) is 0 Å². The molecule has 0 fully saturated rings. The Morgan fingerprint density at radius 1 is 1.38 bits per heavy atom. The molecule has 0 saturated carbocycles. The third kappa shape index (κ3) is 4.41. The lowest BCUT2D eigenvalue weighted by Crippen LogP contribution is -2.42. The minimum atomic E-state index is -0.318. The molecule has 0 amide bonds. The summed E-state index contributed by atoms with van der Waals surface area (Å²) in [6.45, 7) is 10.2. The van der Waals surface area contributed by atoms with Gasteiger partial charge in [0.2, 0.25) is 0 Å². The highest BCUT2D eigenvalue weighted by Crippen LogP contribution is 2.20. The van der Waals surface area contributed by atoms with E-state index in [0.717, 1.165) is 6.42 Å². The highest BCUT2D eigenvalue weighted by molar-refractivity contribution is 5.84. The third-order valence-corrected chi connectivity index (χ3v) is 2.53. The number of hydrogen-bond donors (Lipinski definition) is 1. The molecule has 0 radical (unpaired) electrons. The van der Waals surface area contributed by atoms with Gasteiger partial charge in [-0.25, -0.2) is 0 Å². The molecule has 0 aromatic rings. The predicted octanol–water partition coefficient (Wildman–Crippen LogP) is 2.37. The second-order valence-electron chi connectivity index (χ2n) is 5.03. The fraction of sp³-hybridized carbons (Fsp3) is 0.909. The topological polar surface area (TPSA) is 43.1 Å². The molecule has 0 bridgehead atoms. The zero-order valence-electron chi connectivity index (χ0n) is 9.55. The number of rotatable bonds is 4. The van der Waals surface area contributed by atoms with Crippen molar-refractivity contribution in [1.82, 2.24) is 0 Å². The van der Waals surface area contributed by atoms with Crippen LogP contribution in [-0.2, 0) is 4.79 Å². The van der Waals surface area contributed by atoms with Crippen molar-refractivity contribution in [2.75, 3.05) is 0 Å². The van der Waals surface area contributed by atoms with Gasteiger partial charge in [0.15, 0.2) is 0 Å². The minimum Gasteiger partial charge on any atom is -0.321 e. The molecule has 0 saturated heterocycles. The Bertz CT molecular complexity index is 169. The fourth-order valence-electron chi connectivity index (χ4n) is 1.10. The lowest BCUT2D eigenvalue weighted by atomic mass is 9.82. The first kappa shape index (κ1) is 12.6. The molecule has 0 aliphatic heterocycles. The van der Waals surface area contributed by atoms with E-state index in [2.05, 4.69) is 13.8 Å². The van der Waals surface area contributed by atoms with Crippen LogP contribution in [0.3, 0.4) is 0 Å². The summed E-state index contributed by atoms with van der Waals surface area (Å²) in [5.74, 6) is 0.655. The standard InChI is InChI=1S/C11H23NO/c1-6-8(2)7-9(13)10(12)11(3,4)5/h8,10H,6-7,12H2,1-5H3. The van der Waals surface area contributed by atoms with E-state index in [1.807, 2.05) is 20.8 Å². The van der Waals surface area contributed by atoms with Crippen LogP contribution in [0.25, 0.3) is 0 Å². The van der Waals surface area contributed by atoms with E-state index in [1.165, 1.54) is 0 Å². The molecule has 2 unspecified atom stereocenters. The summed E-state index contributed by atoms with van der Waals surface area (Å²) < 4.78 is 0. The van der Waals surface area contributed by atoms with Crippen LogP contribution in [0.1, 0.15) is 47.5 Å². The maximum absolute atomic E-state index is 11.6. The smallest absolute Gasteiger partial charge is 0.150 e. The molecular weight excluding hydrogens is 162 g/mol. The first-order valence-electron chi connectivity index (χ1n) is 5.07. The zero-order valence-corrected chi connectivity index (χ0v) is 9.55. The van der Waals surface area contributed by atoms with Crippen molar-refractivity contribution in [3.05, 3.63) is 0 Å². The molecule has 0 aliphatic rings. The van der Waals surface area contributed by atoms with Crippen molar-refractivity contribution in [2.45, 2.75) is 53.5 Å². The molecule has 13 heavy (non-hydrogen) atoms. The van der Waals surface area contributed by atoms with Crippen LogP contribution < -0.4 is 5.73 Å². The van der Waals surface area contributed by atoms with E-state index in [4.69, 9.17) is 5.73 Å². The maximum atomic E-state index is 11.6. The molecule has 2 atom stereocenters. The van der Waals surface area contributed by atoms with Crippen molar-refractivity contribution in [2.24, 2.45) is 17.1 Å². The van der Waals surface area contributed by atoms with Crippen LogP contribution in [0.2, 0.25) is 0 Å². The zero-order chi connectivity index (χ0) is 10.6. The van der Waals surface area contributed by atoms with Gasteiger partial charge in [0, 0.05) is 6.42 Å². The Kier molecular flexibility index (Phi) is 4.62. The Morgan fingerprint density at radius 3 is 2.15 bits per heavy atom. The van der Waals surface area contributed by atoms with E-state index >= 15 is 0 Å². The van der Waals surface area contributed by atoms with Crippen molar-refractivity contribution in [3.8, 4) is 0 Å². The molecule has 0 rings (SSSR count). The van der Waals surface area contributed by atoms with E-state index in [0.29, 0.717) is 12.3 Å². The number of ketones is 1. The maximum Gasteiger partial charge on any atom is 0.150 e. The minimum absolute atomic E-state index is 0.107. The Hall–Kier alpha value is -0.370. The summed E-state index contributed by atoms with van der Waals surface area (Å²) in [5, 5.41) is 0. The first-order chi connectivity index (χ1) is 5.79. The lowest BCUT2D eigenvalue weighted by molar-refractivity contribution is -0.123. The van der Waals surface area contributed by atoms with Crippen molar-refractivity contribution in [1.29, 1.82) is 0 Å². The molecule has 0 aromatic heterocycles. The van der Waals surface area contributed by atoms with Crippen LogP contribution in [0.15, 0.2) is 0 Å². The second kappa shape index (κ2) is 4.75. The van der Waals surface area contributed by atoms with E-state index in [1.54, 1.807) is 0 Å². The molecule has 0 aromatic carbocycles. The van der Waals surface area contributed by atoms with E-state index in [9.17, 15) is 4.79 Å². The average molecular weight is 185 g/mol. The Morgan fingerprint density at radius 2 is 1.85 bits per heavy atom. The highest BCUT2D eigenvalue weighted by atomic mass is 16.1. The molecule has 0 aliphatic carbocycles. The van der Waals surface area contributed by atoms with E-state index in [-0.39, 0.29) is 17.2 Å². The van der Waals surface area contributed by atoms with Gasteiger partial charge < -0.3 is 5.73 Å². The first-order valence-corrected chi connectivity index (χ1v) is 5.07. The summed E-state index contributed by atoms with van der Waals surface area (Å²) in [6, 6.07) is -0.318. The summed E-state index contributed by atoms with van der Waals surface area (Å²) in [5.41, 5.74) is 5.74. The number of Topliss-reactive ketones (excluding diaryl/α,β-unsaturated/α-hetero) is 1. The van der Waals surface area contributed by atoms with Crippen LogP contribution in [0, 0.1) is 11.3 Å². The van der Waals surface area contributed by atoms with Gasteiger partial charge in [-0.1, -0.05) is 41.0 Å². The van der Waals surface area contributed by atoms with Gasteiger partial charge in [-0.05, 0) is 11.3 Å². The Balaban J connectivity index is 4.12. The number of carbonyl (C=O) groups is 1. The number of carbonyl (C=O) groups excluding carboxylic acids is 1. The Labute approximate surface area is 81.9 Å². The average Bonchev–Trinajstić information content (AvgIpc) is 2.01. The summed E-state index contributed by atoms with van der Waals surface area (Å²) in [4.78, 5) is 11.6. The second-order valence-corrected chi connectivity index (χ2v) is 5.03. The molecule has 78 valence electrons. The molecule has 0 heterocycles. The summed E-state index contributed by atoms with van der Waals surface area (Å²) in [7, 11) is 0. The van der Waals surface area contributed by atoms with Crippen LogP contribution in [0.5, 0.6) is 0 Å². The lowest BCUT2D eigenvalue weighted by Gasteiger charge is -2.26. The number of hydrogen-bond acceptors (Lipinski definition) is 2. The molecule has 2 heteroatoms. The summed E-state index contributed by atoms with van der Waals surface area (Å²) >= 11 is 0. The fourth-order valence-corrected chi connectivity index (χ4v) is 1.10. The van der Waals surface area contributed by atoms with Crippen LogP contribution >= 0.6 is 0 Å². The van der Waals surface area contributed by atoms with Crippen molar-refractivity contribution < 1.29 is 4.79 Å². The van der Waals surface area contributed by atoms with Crippen molar-refractivity contribution >= 4 is 5.78 Å². The quantitative estimate of drug-likeness (QED) is 0.730. The van der Waals surface area contributed by atoms with Crippen LogP contribution in [0.4, 0.5) is 0 Å². The van der Waals surface area contributed by atoms with Gasteiger partial charge >= 0.3 is 0 Å². The summed E-state index contributed by atoms with van der Waals surface area (Å²) in [6.07, 6.45) is 1.66. The molecule has 0 spiro atoms. The monoisotopic (exact) mass is 185 g/mol. The predicted molar refractivity (Wildman–Crippen MR) is 56.5 cm³/mol. The SMILES string of the molecule is CCC(C)CC(=O)C(N)C(C)(C)C. The number of nitrogens with two attached hydrogens (primary N) is 1. The largest absolute Gasteiger partial charge is 0.321 e. The third-order valence-electron chi connectivity index (χ3n) is 2.53. The highest BCUT2D eigenvalue weighted by Gasteiger charge is 2.27. The molecular formula is C11H23NO. The van der Waals surface area contributed by atoms with Gasteiger partial charge in [0.25, 0.3) is 0 Å². The van der Waals surface area contributed by atoms with Gasteiger partial charge in [0.05, 0.1) is 6.04 Å². The molecule has 2 N–H and O–H groups in total.